The van der Waals surface area contributed by atoms with Gasteiger partial charge in [0.1, 0.15) is 5.75 Å². The third-order valence-corrected chi connectivity index (χ3v) is 6.85. The minimum Gasteiger partial charge on any atom is -0.497 e. The third-order valence-electron chi connectivity index (χ3n) is 4.71. The molecule has 0 aliphatic carbocycles. The highest BCUT2D eigenvalue weighted by Crippen LogP contribution is 2.32. The topological polar surface area (TPSA) is 45.7 Å². The molecule has 3 rings (SSSR count). The highest BCUT2D eigenvalue weighted by molar-refractivity contribution is 7.99. The predicted octanol–water partition coefficient (Wildman–Crippen LogP) is 5.50. The Hall–Kier alpha value is -1.80. The average molecular weight is 480 g/mol. The number of fused-ring (bicyclic) bond motifs is 1. The van der Waals surface area contributed by atoms with Crippen molar-refractivity contribution in [3.05, 3.63) is 48.0 Å². The summed E-state index contributed by atoms with van der Waals surface area (Å²) in [6, 6.07) is 14.4. The Morgan fingerprint density at radius 3 is 2.55 bits per heavy atom. The number of halogens is 1. The number of rotatable bonds is 10. The summed E-state index contributed by atoms with van der Waals surface area (Å²) in [7, 11) is 5.69. The normalized spacial score (nSPS) is 10.9. The molecule has 0 radical (unpaired) electrons. The van der Waals surface area contributed by atoms with E-state index in [9.17, 15) is 4.79 Å². The minimum atomic E-state index is 0. The number of methoxy groups -OCH3 is 1. The van der Waals surface area contributed by atoms with Crippen molar-refractivity contribution in [3.8, 4) is 5.75 Å². The number of nitrogens with zero attached hydrogens (tertiary/aromatic N) is 3. The zero-order chi connectivity index (χ0) is 21.5. The average Bonchev–Trinajstić information content (AvgIpc) is 3.15. The van der Waals surface area contributed by atoms with E-state index < -0.39 is 0 Å². The number of hydrogen-bond donors (Lipinski definition) is 0. The molecule has 1 amide bonds. The van der Waals surface area contributed by atoms with Gasteiger partial charge in [0, 0.05) is 24.4 Å². The Morgan fingerprint density at radius 2 is 1.87 bits per heavy atom. The molecule has 8 heteroatoms. The summed E-state index contributed by atoms with van der Waals surface area (Å²) in [6.45, 7) is 3.52. The molecule has 3 aromatic rings. The standard InChI is InChI=1S/C23H29N3O2S2.ClH/c1-17-7-10-19(11-8-17)29-15-5-6-22(27)26(14-13-25(2)3)23-24-20-12-9-18(28-4)16-21(20)30-23;/h7-12,16H,5-6,13-15H2,1-4H3;1H. The summed E-state index contributed by atoms with van der Waals surface area (Å²) in [4.78, 5) is 22.9. The fourth-order valence-electron chi connectivity index (χ4n) is 2.95. The van der Waals surface area contributed by atoms with Gasteiger partial charge in [-0.15, -0.1) is 24.2 Å². The molecular weight excluding hydrogens is 450 g/mol. The number of likely N-dealkylation sites (N-methyl/N-ethyl adjacent to an activating group) is 1. The lowest BCUT2D eigenvalue weighted by Crippen LogP contribution is -2.36. The number of aryl methyl sites for hydroxylation is 1. The van der Waals surface area contributed by atoms with Gasteiger partial charge < -0.3 is 9.64 Å². The monoisotopic (exact) mass is 479 g/mol. The first-order valence-corrected chi connectivity index (χ1v) is 11.9. The van der Waals surface area contributed by atoms with E-state index in [1.807, 2.05) is 37.2 Å². The van der Waals surface area contributed by atoms with Crippen LogP contribution in [0.25, 0.3) is 10.2 Å². The summed E-state index contributed by atoms with van der Waals surface area (Å²) in [5.74, 6) is 1.86. The maximum absolute atomic E-state index is 13.1. The van der Waals surface area contributed by atoms with Gasteiger partial charge in [-0.25, -0.2) is 4.98 Å². The van der Waals surface area contributed by atoms with Crippen LogP contribution in [0.4, 0.5) is 5.13 Å². The minimum absolute atomic E-state index is 0. The van der Waals surface area contributed by atoms with Crippen LogP contribution in [0.15, 0.2) is 47.4 Å². The largest absolute Gasteiger partial charge is 0.497 e. The van der Waals surface area contributed by atoms with Gasteiger partial charge in [0.2, 0.25) is 5.91 Å². The van der Waals surface area contributed by atoms with Crippen molar-refractivity contribution in [3.63, 3.8) is 0 Å². The van der Waals surface area contributed by atoms with E-state index in [4.69, 9.17) is 9.72 Å². The van der Waals surface area contributed by atoms with Crippen molar-refractivity contribution in [2.45, 2.75) is 24.7 Å². The molecule has 168 valence electrons. The van der Waals surface area contributed by atoms with Gasteiger partial charge in [-0.2, -0.15) is 0 Å². The molecule has 0 aliphatic rings. The molecule has 0 atom stereocenters. The Labute approximate surface area is 199 Å². The summed E-state index contributed by atoms with van der Waals surface area (Å²) in [5.41, 5.74) is 2.16. The number of carbonyl (C=O) groups is 1. The Morgan fingerprint density at radius 1 is 1.13 bits per heavy atom. The number of benzene rings is 2. The van der Waals surface area contributed by atoms with E-state index in [0.717, 1.165) is 39.8 Å². The van der Waals surface area contributed by atoms with Crippen molar-refractivity contribution in [2.75, 3.05) is 44.9 Å². The number of amides is 1. The lowest BCUT2D eigenvalue weighted by molar-refractivity contribution is -0.118. The molecule has 2 aromatic carbocycles. The molecule has 0 unspecified atom stereocenters. The number of hydrogen-bond acceptors (Lipinski definition) is 6. The number of ether oxygens (including phenoxy) is 1. The zero-order valence-electron chi connectivity index (χ0n) is 18.5. The maximum atomic E-state index is 13.1. The fraction of sp³-hybridized carbons (Fsp3) is 0.391. The molecule has 0 spiro atoms. The molecule has 31 heavy (non-hydrogen) atoms. The smallest absolute Gasteiger partial charge is 0.228 e. The van der Waals surface area contributed by atoms with Crippen LogP contribution < -0.4 is 9.64 Å². The van der Waals surface area contributed by atoms with Crippen molar-refractivity contribution in [2.24, 2.45) is 0 Å². The molecule has 0 N–H and O–H groups in total. The van der Waals surface area contributed by atoms with E-state index >= 15 is 0 Å². The Bertz CT molecular complexity index is 977. The lowest BCUT2D eigenvalue weighted by Gasteiger charge is -2.22. The number of thiazole rings is 1. The Kier molecular flexibility index (Phi) is 10.1. The lowest BCUT2D eigenvalue weighted by atomic mass is 10.2. The van der Waals surface area contributed by atoms with E-state index in [-0.39, 0.29) is 18.3 Å². The first-order valence-electron chi connectivity index (χ1n) is 10.1. The number of thioether (sulfide) groups is 1. The highest BCUT2D eigenvalue weighted by atomic mass is 35.5. The molecule has 1 heterocycles. The van der Waals surface area contributed by atoms with E-state index in [0.29, 0.717) is 13.0 Å². The maximum Gasteiger partial charge on any atom is 0.228 e. The van der Waals surface area contributed by atoms with Gasteiger partial charge in [-0.1, -0.05) is 29.0 Å². The Balaban J connectivity index is 0.00000341. The predicted molar refractivity (Wildman–Crippen MR) is 135 cm³/mol. The van der Waals surface area contributed by atoms with Crippen LogP contribution in [0, 0.1) is 6.92 Å². The second kappa shape index (κ2) is 12.3. The summed E-state index contributed by atoms with van der Waals surface area (Å²) >= 11 is 3.34. The third kappa shape index (κ3) is 7.38. The van der Waals surface area contributed by atoms with Crippen LogP contribution >= 0.6 is 35.5 Å². The highest BCUT2D eigenvalue weighted by Gasteiger charge is 2.19. The van der Waals surface area contributed by atoms with Gasteiger partial charge >= 0.3 is 0 Å². The van der Waals surface area contributed by atoms with Crippen molar-refractivity contribution in [1.82, 2.24) is 9.88 Å². The number of carbonyl (C=O) groups excluding carboxylic acids is 1. The molecule has 0 saturated carbocycles. The molecule has 1 aromatic heterocycles. The van der Waals surface area contributed by atoms with Crippen LogP contribution in [0.5, 0.6) is 5.75 Å². The van der Waals surface area contributed by atoms with Crippen LogP contribution in [-0.2, 0) is 4.79 Å². The van der Waals surface area contributed by atoms with Crippen LogP contribution in [0.3, 0.4) is 0 Å². The van der Waals surface area contributed by atoms with Gasteiger partial charge in [-0.05, 0) is 63.5 Å². The van der Waals surface area contributed by atoms with Crippen molar-refractivity contribution < 1.29 is 9.53 Å². The summed E-state index contributed by atoms with van der Waals surface area (Å²) < 4.78 is 6.35. The second-order valence-electron chi connectivity index (χ2n) is 7.44. The number of anilines is 1. The van der Waals surface area contributed by atoms with Crippen LogP contribution in [0.1, 0.15) is 18.4 Å². The molecule has 0 fully saturated rings. The fourth-order valence-corrected chi connectivity index (χ4v) is 4.84. The molecule has 0 saturated heterocycles. The molecule has 5 nitrogen and oxygen atoms in total. The summed E-state index contributed by atoms with van der Waals surface area (Å²) in [6.07, 6.45) is 1.36. The quantitative estimate of drug-likeness (QED) is 0.283. The number of aromatic nitrogens is 1. The van der Waals surface area contributed by atoms with E-state index in [1.165, 1.54) is 10.5 Å². The van der Waals surface area contributed by atoms with Crippen LogP contribution in [-0.4, -0.2) is 55.8 Å². The first kappa shape index (κ1) is 25.5. The van der Waals surface area contributed by atoms with Crippen molar-refractivity contribution >= 4 is 56.8 Å². The van der Waals surface area contributed by atoms with Gasteiger partial charge in [0.25, 0.3) is 0 Å². The molecule has 0 aliphatic heterocycles. The first-order chi connectivity index (χ1) is 14.5. The van der Waals surface area contributed by atoms with Gasteiger partial charge in [-0.3, -0.25) is 9.69 Å². The van der Waals surface area contributed by atoms with Gasteiger partial charge in [0.05, 0.1) is 17.3 Å². The SMILES string of the molecule is COc1ccc2nc(N(CCN(C)C)C(=O)CCCSc3ccc(C)cc3)sc2c1.Cl. The van der Waals surface area contributed by atoms with Gasteiger partial charge in [0.15, 0.2) is 5.13 Å². The van der Waals surface area contributed by atoms with E-state index in [1.54, 1.807) is 30.2 Å². The van der Waals surface area contributed by atoms with Crippen LogP contribution in [0.2, 0.25) is 0 Å². The van der Waals surface area contributed by atoms with E-state index in [2.05, 4.69) is 36.1 Å². The second-order valence-corrected chi connectivity index (χ2v) is 9.62. The van der Waals surface area contributed by atoms with Crippen molar-refractivity contribution in [1.29, 1.82) is 0 Å². The summed E-state index contributed by atoms with van der Waals surface area (Å²) in [5, 5.41) is 0.760. The molecular formula is C23H30ClN3O2S2. The molecule has 0 bridgehead atoms. The zero-order valence-corrected chi connectivity index (χ0v) is 20.9.